The summed E-state index contributed by atoms with van der Waals surface area (Å²) in [7, 11) is 0. The molecule has 0 saturated carbocycles. The number of nitrogens with two attached hydrogens (primary N) is 2. The lowest BCUT2D eigenvalue weighted by molar-refractivity contribution is -0.138. The summed E-state index contributed by atoms with van der Waals surface area (Å²) in [4.78, 5) is 72.1. The molecule has 55 heavy (non-hydrogen) atoms. The number of hydrogen-bond acceptors (Lipinski definition) is 7. The van der Waals surface area contributed by atoms with Crippen molar-refractivity contribution < 1.29 is 24.0 Å². The van der Waals surface area contributed by atoms with Crippen LogP contribution in [0.15, 0.2) is 84.9 Å². The van der Waals surface area contributed by atoms with Gasteiger partial charge in [-0.05, 0) is 80.2 Å². The molecular formula is C43H57N7O5. The van der Waals surface area contributed by atoms with Crippen LogP contribution < -0.4 is 32.3 Å². The molecule has 1 fully saturated rings. The Labute approximate surface area is 324 Å². The Morgan fingerprint density at radius 3 is 1.93 bits per heavy atom. The van der Waals surface area contributed by atoms with Gasteiger partial charge < -0.3 is 37.2 Å². The molecule has 2 aliphatic heterocycles. The number of nitrogens with one attached hydrogen (secondary N) is 3. The van der Waals surface area contributed by atoms with Crippen molar-refractivity contribution in [3.05, 3.63) is 102 Å². The second-order valence-corrected chi connectivity index (χ2v) is 15.2. The molecule has 0 aliphatic carbocycles. The first kappa shape index (κ1) is 41.1. The fraction of sp³-hybridized carbons (Fsp3) is 0.465. The van der Waals surface area contributed by atoms with Gasteiger partial charge in [-0.3, -0.25) is 24.0 Å². The number of amides is 5. The van der Waals surface area contributed by atoms with E-state index in [-0.39, 0.29) is 30.2 Å². The molecule has 5 amide bonds. The van der Waals surface area contributed by atoms with Crippen molar-refractivity contribution in [1.82, 2.24) is 20.9 Å². The van der Waals surface area contributed by atoms with E-state index in [0.717, 1.165) is 22.4 Å². The Hall–Kier alpha value is -5.07. The largest absolute Gasteiger partial charge is 0.343 e. The summed E-state index contributed by atoms with van der Waals surface area (Å²) in [6.45, 7) is 5.28. The average molecular weight is 752 g/mol. The molecule has 0 spiro atoms. The van der Waals surface area contributed by atoms with Crippen molar-refractivity contribution in [3.8, 4) is 0 Å². The number of nitrogens with zero attached hydrogens (tertiary/aromatic N) is 2. The number of hydrogen-bond donors (Lipinski definition) is 5. The van der Waals surface area contributed by atoms with Crippen LogP contribution in [0.4, 0.5) is 5.69 Å². The summed E-state index contributed by atoms with van der Waals surface area (Å²) in [6.07, 6.45) is 4.18. The Morgan fingerprint density at radius 1 is 0.727 bits per heavy atom. The van der Waals surface area contributed by atoms with Gasteiger partial charge in [-0.2, -0.15) is 0 Å². The van der Waals surface area contributed by atoms with Gasteiger partial charge >= 0.3 is 0 Å². The lowest BCUT2D eigenvalue weighted by atomic mass is 9.99. The topological polar surface area (TPSA) is 180 Å². The molecule has 3 aromatic carbocycles. The molecule has 0 radical (unpaired) electrons. The molecule has 0 bridgehead atoms. The fourth-order valence-electron chi connectivity index (χ4n) is 7.54. The zero-order valence-electron chi connectivity index (χ0n) is 32.1. The minimum absolute atomic E-state index is 0.00618. The number of rotatable bonds is 18. The molecule has 2 aliphatic rings. The molecule has 5 rings (SSSR count). The first-order chi connectivity index (χ1) is 26.5. The molecule has 294 valence electrons. The van der Waals surface area contributed by atoms with Crippen molar-refractivity contribution in [2.45, 2.75) is 102 Å². The van der Waals surface area contributed by atoms with Crippen LogP contribution in [0, 0.1) is 5.92 Å². The average Bonchev–Trinajstić information content (AvgIpc) is 3.52. The van der Waals surface area contributed by atoms with Crippen LogP contribution in [-0.2, 0) is 43.2 Å². The number of fused-ring (bicyclic) bond motifs is 1. The number of carbonyl (C=O) groups excluding carboxylic acids is 5. The molecule has 7 N–H and O–H groups in total. The molecule has 2 heterocycles. The smallest absolute Gasteiger partial charge is 0.245 e. The van der Waals surface area contributed by atoms with E-state index in [1.807, 2.05) is 104 Å². The minimum Gasteiger partial charge on any atom is -0.343 e. The lowest BCUT2D eigenvalue weighted by Crippen LogP contribution is -2.59. The predicted molar refractivity (Wildman–Crippen MR) is 214 cm³/mol. The van der Waals surface area contributed by atoms with Crippen molar-refractivity contribution in [2.75, 3.05) is 24.5 Å². The van der Waals surface area contributed by atoms with E-state index in [1.165, 1.54) is 0 Å². The number of likely N-dealkylation sites (tertiary alicyclic amines) is 1. The highest BCUT2D eigenvalue weighted by Crippen LogP contribution is 2.33. The van der Waals surface area contributed by atoms with E-state index < -0.39 is 41.9 Å². The second kappa shape index (κ2) is 20.0. The molecule has 0 aromatic heterocycles. The van der Waals surface area contributed by atoms with Gasteiger partial charge in [-0.1, -0.05) is 92.7 Å². The van der Waals surface area contributed by atoms with Crippen LogP contribution in [0.3, 0.4) is 0 Å². The lowest BCUT2D eigenvalue weighted by Gasteiger charge is -2.38. The van der Waals surface area contributed by atoms with Crippen molar-refractivity contribution in [1.29, 1.82) is 0 Å². The van der Waals surface area contributed by atoms with Gasteiger partial charge in [-0.25, -0.2) is 0 Å². The summed E-state index contributed by atoms with van der Waals surface area (Å²) in [5, 5.41) is 8.75. The second-order valence-electron chi connectivity index (χ2n) is 15.2. The van der Waals surface area contributed by atoms with Gasteiger partial charge in [-0.15, -0.1) is 0 Å². The number of benzene rings is 3. The monoisotopic (exact) mass is 751 g/mol. The van der Waals surface area contributed by atoms with Gasteiger partial charge in [0, 0.05) is 31.2 Å². The van der Waals surface area contributed by atoms with Crippen LogP contribution in [-0.4, -0.2) is 84.3 Å². The van der Waals surface area contributed by atoms with Crippen LogP contribution in [0.25, 0.3) is 0 Å². The standard InChI is InChI=1S/C43H57N7O5/c1-29(2)25-36(48-42(54)37(27-31-15-7-4-8-16-31)47-40(52)34(45)26-30-13-5-3-6-14-30)41(53)46-35(18-11-12-22-44)43(55)49-23-20-33(21-24-49)50-38-19-10-9-17-32(38)28-39(50)51/h3-10,13-17,19,29,33-37H,11-12,18,20-28,44-45H2,1-2H3,(H,46,53)(H,47,52)(H,48,54)/t34-,35-,36-,37-/m1/s1. The summed E-state index contributed by atoms with van der Waals surface area (Å²) in [6, 6.07) is 22.9. The molecule has 12 nitrogen and oxygen atoms in total. The summed E-state index contributed by atoms with van der Waals surface area (Å²) in [5.74, 6) is -1.53. The van der Waals surface area contributed by atoms with Gasteiger partial charge in [0.1, 0.15) is 18.1 Å². The molecule has 4 atom stereocenters. The molecule has 12 heteroatoms. The number of piperidine rings is 1. The number of anilines is 1. The predicted octanol–water partition coefficient (Wildman–Crippen LogP) is 3.01. The number of unbranched alkanes of at least 4 members (excludes halogenated alkanes) is 1. The van der Waals surface area contributed by atoms with Crippen LogP contribution in [0.1, 0.15) is 69.1 Å². The Morgan fingerprint density at radius 2 is 1.29 bits per heavy atom. The highest BCUT2D eigenvalue weighted by atomic mass is 16.2. The minimum atomic E-state index is -1.00. The normalized spacial score (nSPS) is 16.6. The maximum absolute atomic E-state index is 14.1. The van der Waals surface area contributed by atoms with Crippen molar-refractivity contribution in [2.24, 2.45) is 17.4 Å². The third kappa shape index (κ3) is 11.5. The first-order valence-corrected chi connectivity index (χ1v) is 19.7. The summed E-state index contributed by atoms with van der Waals surface area (Å²) < 4.78 is 0. The molecule has 0 unspecified atom stereocenters. The fourth-order valence-corrected chi connectivity index (χ4v) is 7.54. The highest BCUT2D eigenvalue weighted by Gasteiger charge is 2.37. The van der Waals surface area contributed by atoms with E-state index in [9.17, 15) is 24.0 Å². The molecule has 3 aromatic rings. The first-order valence-electron chi connectivity index (χ1n) is 19.7. The third-order valence-corrected chi connectivity index (χ3v) is 10.5. The maximum atomic E-state index is 14.1. The zero-order chi connectivity index (χ0) is 39.3. The van der Waals surface area contributed by atoms with Gasteiger partial charge in [0.2, 0.25) is 29.5 Å². The number of para-hydroxylation sites is 1. The van der Waals surface area contributed by atoms with E-state index in [1.54, 1.807) is 4.90 Å². The summed E-state index contributed by atoms with van der Waals surface area (Å²) in [5.41, 5.74) is 15.8. The van der Waals surface area contributed by atoms with E-state index in [2.05, 4.69) is 16.0 Å². The Bertz CT molecular complexity index is 1750. The van der Waals surface area contributed by atoms with Gasteiger partial charge in [0.25, 0.3) is 0 Å². The number of carbonyl (C=O) groups is 5. The van der Waals surface area contributed by atoms with E-state index in [0.29, 0.717) is 71.0 Å². The third-order valence-electron chi connectivity index (χ3n) is 10.5. The van der Waals surface area contributed by atoms with Crippen molar-refractivity contribution >= 4 is 35.2 Å². The molecular weight excluding hydrogens is 695 g/mol. The quantitative estimate of drug-likeness (QED) is 0.124. The summed E-state index contributed by atoms with van der Waals surface area (Å²) >= 11 is 0. The SMILES string of the molecule is CC(C)C[C@@H](NC(=O)[C@@H](Cc1ccccc1)NC(=O)[C@H](N)Cc1ccccc1)C(=O)N[C@H](CCCCN)C(=O)N1CCC(N2C(=O)Cc3ccccc32)CC1. The van der Waals surface area contributed by atoms with Crippen LogP contribution in [0.5, 0.6) is 0 Å². The van der Waals surface area contributed by atoms with E-state index in [4.69, 9.17) is 11.5 Å². The van der Waals surface area contributed by atoms with Crippen LogP contribution >= 0.6 is 0 Å². The van der Waals surface area contributed by atoms with Crippen LogP contribution in [0.2, 0.25) is 0 Å². The van der Waals surface area contributed by atoms with E-state index >= 15 is 0 Å². The Kier molecular flexibility index (Phi) is 15.0. The van der Waals surface area contributed by atoms with Crippen molar-refractivity contribution in [3.63, 3.8) is 0 Å². The maximum Gasteiger partial charge on any atom is 0.245 e. The Balaban J connectivity index is 1.26. The highest BCUT2D eigenvalue weighted by molar-refractivity contribution is 6.02. The van der Waals surface area contributed by atoms with Gasteiger partial charge in [0.15, 0.2) is 0 Å². The zero-order valence-corrected chi connectivity index (χ0v) is 32.1. The molecule has 1 saturated heterocycles. The van der Waals surface area contributed by atoms with Gasteiger partial charge in [0.05, 0.1) is 12.5 Å².